The molecule has 0 atom stereocenters. The van der Waals surface area contributed by atoms with Gasteiger partial charge in [0, 0.05) is 19.2 Å². The molecule has 0 aliphatic rings. The molecule has 0 bridgehead atoms. The lowest BCUT2D eigenvalue weighted by Crippen LogP contribution is -2.07. The average Bonchev–Trinajstić information content (AvgIpc) is 2.82. The van der Waals surface area contributed by atoms with Crippen LogP contribution in [0.2, 0.25) is 0 Å². The fraction of sp³-hybridized carbons (Fsp3) is 0.154. The van der Waals surface area contributed by atoms with Crippen LogP contribution in [0.1, 0.15) is 12.5 Å². The second kappa shape index (κ2) is 5.64. The zero-order valence-electron chi connectivity index (χ0n) is 9.87. The molecule has 5 heteroatoms. The van der Waals surface area contributed by atoms with E-state index in [1.54, 1.807) is 17.4 Å². The topological polar surface area (TPSA) is 41.1 Å². The zero-order valence-corrected chi connectivity index (χ0v) is 10.7. The number of halogens is 1. The Hall–Kier alpha value is -1.88. The van der Waals surface area contributed by atoms with Crippen molar-refractivity contribution < 1.29 is 9.18 Å². The summed E-state index contributed by atoms with van der Waals surface area (Å²) in [6, 6.07) is 6.43. The van der Waals surface area contributed by atoms with Gasteiger partial charge in [-0.15, -0.1) is 0 Å². The van der Waals surface area contributed by atoms with Gasteiger partial charge in [0.15, 0.2) is 0 Å². The number of carbonyl (C=O) groups is 1. The van der Waals surface area contributed by atoms with E-state index in [-0.39, 0.29) is 11.7 Å². The van der Waals surface area contributed by atoms with Crippen molar-refractivity contribution in [3.05, 3.63) is 46.4 Å². The minimum Gasteiger partial charge on any atom is -0.379 e. The highest BCUT2D eigenvalue weighted by molar-refractivity contribution is 7.07. The predicted octanol–water partition coefficient (Wildman–Crippen LogP) is 3.46. The number of thiophene rings is 1. The van der Waals surface area contributed by atoms with Crippen molar-refractivity contribution in [2.24, 2.45) is 0 Å². The number of hydrogen-bond donors (Lipinski definition) is 2. The number of rotatable bonds is 4. The van der Waals surface area contributed by atoms with Crippen LogP contribution in [0.3, 0.4) is 0 Å². The second-order valence-corrected chi connectivity index (χ2v) is 4.64. The van der Waals surface area contributed by atoms with Gasteiger partial charge >= 0.3 is 0 Å². The van der Waals surface area contributed by atoms with Gasteiger partial charge < -0.3 is 10.6 Å². The number of benzene rings is 1. The van der Waals surface area contributed by atoms with E-state index >= 15 is 0 Å². The maximum Gasteiger partial charge on any atom is 0.221 e. The van der Waals surface area contributed by atoms with E-state index in [0.717, 1.165) is 5.56 Å². The number of nitrogens with one attached hydrogen (secondary N) is 2. The largest absolute Gasteiger partial charge is 0.379 e. The highest BCUT2D eigenvalue weighted by Crippen LogP contribution is 2.20. The first-order chi connectivity index (χ1) is 8.65. The third-order valence-corrected chi connectivity index (χ3v) is 3.08. The molecule has 94 valence electrons. The van der Waals surface area contributed by atoms with Crippen LogP contribution in [-0.2, 0) is 11.3 Å². The van der Waals surface area contributed by atoms with E-state index in [1.807, 2.05) is 16.8 Å². The van der Waals surface area contributed by atoms with Gasteiger partial charge in [-0.05, 0) is 40.6 Å². The lowest BCUT2D eigenvalue weighted by atomic mass is 10.2. The number of carbonyl (C=O) groups excluding carboxylic acids is 1. The molecule has 0 radical (unpaired) electrons. The highest BCUT2D eigenvalue weighted by Gasteiger charge is 2.04. The van der Waals surface area contributed by atoms with E-state index in [1.165, 1.54) is 19.1 Å². The van der Waals surface area contributed by atoms with Crippen molar-refractivity contribution in [3.63, 3.8) is 0 Å². The van der Waals surface area contributed by atoms with Gasteiger partial charge in [0.1, 0.15) is 5.82 Å². The molecule has 0 unspecified atom stereocenters. The SMILES string of the molecule is CC(=O)Nc1ccc(F)c(NCc2ccsc2)c1. The van der Waals surface area contributed by atoms with E-state index in [0.29, 0.717) is 17.9 Å². The van der Waals surface area contributed by atoms with Crippen molar-refractivity contribution >= 4 is 28.6 Å². The summed E-state index contributed by atoms with van der Waals surface area (Å²) in [5, 5.41) is 9.61. The van der Waals surface area contributed by atoms with Crippen molar-refractivity contribution in [2.75, 3.05) is 10.6 Å². The van der Waals surface area contributed by atoms with Gasteiger partial charge in [-0.3, -0.25) is 4.79 Å². The Morgan fingerprint density at radius 2 is 2.22 bits per heavy atom. The molecule has 0 saturated carbocycles. The smallest absolute Gasteiger partial charge is 0.221 e. The fourth-order valence-electron chi connectivity index (χ4n) is 1.53. The van der Waals surface area contributed by atoms with E-state index in [2.05, 4.69) is 10.6 Å². The summed E-state index contributed by atoms with van der Waals surface area (Å²) in [5.41, 5.74) is 2.06. The summed E-state index contributed by atoms with van der Waals surface area (Å²) in [6.45, 7) is 1.98. The highest BCUT2D eigenvalue weighted by atomic mass is 32.1. The minimum atomic E-state index is -0.334. The van der Waals surface area contributed by atoms with Crippen LogP contribution >= 0.6 is 11.3 Å². The van der Waals surface area contributed by atoms with Crippen LogP contribution in [0.4, 0.5) is 15.8 Å². The molecule has 1 amide bonds. The fourth-order valence-corrected chi connectivity index (χ4v) is 2.20. The van der Waals surface area contributed by atoms with Crippen molar-refractivity contribution in [1.82, 2.24) is 0 Å². The lowest BCUT2D eigenvalue weighted by molar-refractivity contribution is -0.114. The van der Waals surface area contributed by atoms with Crippen molar-refractivity contribution in [2.45, 2.75) is 13.5 Å². The van der Waals surface area contributed by atoms with Crippen LogP contribution in [0.15, 0.2) is 35.0 Å². The molecule has 1 aromatic heterocycles. The van der Waals surface area contributed by atoms with Gasteiger partial charge in [0.05, 0.1) is 5.69 Å². The molecule has 0 fully saturated rings. The van der Waals surface area contributed by atoms with E-state index in [4.69, 9.17) is 0 Å². The first kappa shape index (κ1) is 12.6. The first-order valence-corrected chi connectivity index (χ1v) is 6.41. The standard InChI is InChI=1S/C13H13FN2OS/c1-9(17)16-11-2-3-12(14)13(6-11)15-7-10-4-5-18-8-10/h2-6,8,15H,7H2,1H3,(H,16,17). The average molecular weight is 264 g/mol. The first-order valence-electron chi connectivity index (χ1n) is 5.47. The molecule has 1 aromatic carbocycles. The Balaban J connectivity index is 2.08. The quantitative estimate of drug-likeness (QED) is 0.888. The zero-order chi connectivity index (χ0) is 13.0. The Morgan fingerprint density at radius 1 is 1.39 bits per heavy atom. The van der Waals surface area contributed by atoms with Crippen LogP contribution in [0, 0.1) is 5.82 Å². The summed E-state index contributed by atoms with van der Waals surface area (Å²) >= 11 is 1.60. The van der Waals surface area contributed by atoms with Crippen LogP contribution in [0.25, 0.3) is 0 Å². The molecular formula is C13H13FN2OS. The maximum absolute atomic E-state index is 13.6. The molecule has 2 N–H and O–H groups in total. The number of hydrogen-bond acceptors (Lipinski definition) is 3. The van der Waals surface area contributed by atoms with Crippen LogP contribution in [-0.4, -0.2) is 5.91 Å². The van der Waals surface area contributed by atoms with Crippen molar-refractivity contribution in [3.8, 4) is 0 Å². The summed E-state index contributed by atoms with van der Waals surface area (Å²) in [6.07, 6.45) is 0. The molecule has 2 rings (SSSR count). The van der Waals surface area contributed by atoms with E-state index < -0.39 is 0 Å². The molecule has 0 aliphatic carbocycles. The Labute approximate surface area is 109 Å². The molecule has 18 heavy (non-hydrogen) atoms. The predicted molar refractivity (Wildman–Crippen MR) is 72.3 cm³/mol. The maximum atomic E-state index is 13.6. The van der Waals surface area contributed by atoms with Gasteiger partial charge in [0.2, 0.25) is 5.91 Å². The molecule has 0 aliphatic heterocycles. The van der Waals surface area contributed by atoms with Crippen LogP contribution in [0.5, 0.6) is 0 Å². The Bertz CT molecular complexity index is 540. The molecule has 2 aromatic rings. The third kappa shape index (κ3) is 3.30. The summed E-state index contributed by atoms with van der Waals surface area (Å²) < 4.78 is 13.6. The Morgan fingerprint density at radius 3 is 2.89 bits per heavy atom. The molecule has 0 saturated heterocycles. The summed E-state index contributed by atoms with van der Waals surface area (Å²) in [7, 11) is 0. The third-order valence-electron chi connectivity index (χ3n) is 2.35. The number of anilines is 2. The van der Waals surface area contributed by atoms with Gasteiger partial charge in [-0.25, -0.2) is 4.39 Å². The van der Waals surface area contributed by atoms with Gasteiger partial charge in [-0.2, -0.15) is 11.3 Å². The molecule has 0 spiro atoms. The minimum absolute atomic E-state index is 0.176. The molecular weight excluding hydrogens is 251 g/mol. The molecule has 3 nitrogen and oxygen atoms in total. The summed E-state index contributed by atoms with van der Waals surface area (Å²) in [5.74, 6) is -0.510. The Kier molecular flexibility index (Phi) is 3.94. The number of amides is 1. The summed E-state index contributed by atoms with van der Waals surface area (Å²) in [4.78, 5) is 10.9. The van der Waals surface area contributed by atoms with Gasteiger partial charge in [-0.1, -0.05) is 0 Å². The van der Waals surface area contributed by atoms with Crippen molar-refractivity contribution in [1.29, 1.82) is 0 Å². The normalized spacial score (nSPS) is 10.1. The lowest BCUT2D eigenvalue weighted by Gasteiger charge is -2.09. The molecule has 1 heterocycles. The van der Waals surface area contributed by atoms with E-state index in [9.17, 15) is 9.18 Å². The second-order valence-electron chi connectivity index (χ2n) is 3.86. The monoisotopic (exact) mass is 264 g/mol. The van der Waals surface area contributed by atoms with Gasteiger partial charge in [0.25, 0.3) is 0 Å². The van der Waals surface area contributed by atoms with Crippen LogP contribution < -0.4 is 10.6 Å².